The monoisotopic (exact) mass is 309 g/mol. The number of sulfonamides is 1. The van der Waals surface area contributed by atoms with Crippen LogP contribution in [0.15, 0.2) is 12.1 Å². The highest BCUT2D eigenvalue weighted by atomic mass is 35.5. The molecule has 0 amide bonds. The fourth-order valence-electron chi connectivity index (χ4n) is 1.41. The molecule has 0 aliphatic rings. The summed E-state index contributed by atoms with van der Waals surface area (Å²) >= 11 is 5.94. The van der Waals surface area contributed by atoms with Crippen molar-refractivity contribution in [1.82, 2.24) is 0 Å². The third kappa shape index (κ3) is 4.45. The van der Waals surface area contributed by atoms with Crippen LogP contribution in [-0.2, 0) is 10.0 Å². The number of hydrogen-bond acceptors (Lipinski definition) is 5. The van der Waals surface area contributed by atoms with Crippen molar-refractivity contribution in [2.45, 2.75) is 6.42 Å². The van der Waals surface area contributed by atoms with Gasteiger partial charge in [-0.2, -0.15) is 0 Å². The van der Waals surface area contributed by atoms with Crippen LogP contribution in [0.4, 0.5) is 5.69 Å². The molecule has 108 valence electrons. The maximum Gasteiger partial charge on any atom is 0.232 e. The molecule has 6 nitrogen and oxygen atoms in total. The minimum absolute atomic E-state index is 0.154. The Bertz CT molecular complexity index is 532. The number of nitrogens with one attached hydrogen (secondary N) is 1. The molecule has 0 fully saturated rings. The van der Waals surface area contributed by atoms with Gasteiger partial charge in [-0.1, -0.05) is 11.6 Å². The van der Waals surface area contributed by atoms with E-state index in [1.807, 2.05) is 0 Å². The van der Waals surface area contributed by atoms with E-state index in [9.17, 15) is 8.42 Å². The van der Waals surface area contributed by atoms with E-state index in [1.165, 1.54) is 26.4 Å². The Kier molecular flexibility index (Phi) is 5.71. The molecular formula is C11H16ClNO5S. The van der Waals surface area contributed by atoms with Crippen LogP contribution in [0, 0.1) is 0 Å². The Morgan fingerprint density at radius 1 is 1.26 bits per heavy atom. The van der Waals surface area contributed by atoms with Crippen LogP contribution < -0.4 is 14.2 Å². The first-order valence-corrected chi connectivity index (χ1v) is 7.49. The summed E-state index contributed by atoms with van der Waals surface area (Å²) in [6, 6.07) is 2.90. The van der Waals surface area contributed by atoms with Crippen molar-refractivity contribution in [2.24, 2.45) is 0 Å². The minimum Gasteiger partial charge on any atom is -0.495 e. The highest BCUT2D eigenvalue weighted by Gasteiger charge is 2.16. The summed E-state index contributed by atoms with van der Waals surface area (Å²) in [5.74, 6) is 0.502. The van der Waals surface area contributed by atoms with E-state index in [0.29, 0.717) is 11.5 Å². The summed E-state index contributed by atoms with van der Waals surface area (Å²) in [6.07, 6.45) is 0.154. The van der Waals surface area contributed by atoms with Crippen LogP contribution in [0.1, 0.15) is 6.42 Å². The lowest BCUT2D eigenvalue weighted by molar-refractivity contribution is 0.295. The predicted octanol–water partition coefficient (Wildman–Crippen LogP) is 1.48. The van der Waals surface area contributed by atoms with Gasteiger partial charge in [0.1, 0.15) is 11.5 Å². The van der Waals surface area contributed by atoms with Gasteiger partial charge in [-0.25, -0.2) is 8.42 Å². The molecule has 0 atom stereocenters. The van der Waals surface area contributed by atoms with Gasteiger partial charge in [0.15, 0.2) is 0 Å². The van der Waals surface area contributed by atoms with Gasteiger partial charge in [0, 0.05) is 12.7 Å². The number of anilines is 1. The van der Waals surface area contributed by atoms with Gasteiger partial charge in [-0.3, -0.25) is 4.72 Å². The normalized spacial score (nSPS) is 11.2. The third-order valence-corrected chi connectivity index (χ3v) is 3.96. The van der Waals surface area contributed by atoms with Crippen molar-refractivity contribution in [3.8, 4) is 11.5 Å². The number of ether oxygens (including phenoxy) is 2. The summed E-state index contributed by atoms with van der Waals surface area (Å²) in [6.45, 7) is -0.193. The van der Waals surface area contributed by atoms with E-state index in [0.717, 1.165) is 0 Å². The zero-order chi connectivity index (χ0) is 14.5. The molecule has 0 saturated heterocycles. The number of hydrogen-bond donors (Lipinski definition) is 2. The summed E-state index contributed by atoms with van der Waals surface area (Å²) in [5.41, 5.74) is 0.228. The molecular weight excluding hydrogens is 294 g/mol. The fraction of sp³-hybridized carbons (Fsp3) is 0.455. The van der Waals surface area contributed by atoms with E-state index in [4.69, 9.17) is 26.2 Å². The second-order valence-electron chi connectivity index (χ2n) is 3.69. The minimum atomic E-state index is -3.56. The second kappa shape index (κ2) is 6.83. The lowest BCUT2D eigenvalue weighted by Crippen LogP contribution is -2.18. The first-order valence-electron chi connectivity index (χ1n) is 5.46. The molecule has 0 radical (unpaired) electrons. The molecule has 0 unspecified atom stereocenters. The SMILES string of the molecule is COc1cc(OC)c(NS(=O)(=O)CCCO)cc1Cl. The first kappa shape index (κ1) is 15.9. The maximum absolute atomic E-state index is 11.7. The zero-order valence-electron chi connectivity index (χ0n) is 10.6. The van der Waals surface area contributed by atoms with Crippen molar-refractivity contribution in [2.75, 3.05) is 31.3 Å². The Hall–Kier alpha value is -1.18. The predicted molar refractivity (Wildman–Crippen MR) is 73.7 cm³/mol. The van der Waals surface area contributed by atoms with Crippen molar-refractivity contribution in [3.63, 3.8) is 0 Å². The highest BCUT2D eigenvalue weighted by Crippen LogP contribution is 2.36. The fourth-order valence-corrected chi connectivity index (χ4v) is 2.76. The molecule has 0 bridgehead atoms. The number of benzene rings is 1. The smallest absolute Gasteiger partial charge is 0.232 e. The number of aliphatic hydroxyl groups is 1. The zero-order valence-corrected chi connectivity index (χ0v) is 12.2. The van der Waals surface area contributed by atoms with Crippen molar-refractivity contribution in [3.05, 3.63) is 17.2 Å². The van der Waals surface area contributed by atoms with Crippen molar-refractivity contribution in [1.29, 1.82) is 0 Å². The van der Waals surface area contributed by atoms with Gasteiger partial charge in [0.2, 0.25) is 10.0 Å². The van der Waals surface area contributed by atoms with Gasteiger partial charge in [-0.15, -0.1) is 0 Å². The number of methoxy groups -OCH3 is 2. The van der Waals surface area contributed by atoms with Gasteiger partial charge in [0.25, 0.3) is 0 Å². The molecule has 1 rings (SSSR count). The summed E-state index contributed by atoms with van der Waals surface area (Å²) in [7, 11) is -0.694. The maximum atomic E-state index is 11.7. The lowest BCUT2D eigenvalue weighted by atomic mass is 10.3. The second-order valence-corrected chi connectivity index (χ2v) is 5.93. The van der Waals surface area contributed by atoms with E-state index in [1.54, 1.807) is 0 Å². The lowest BCUT2D eigenvalue weighted by Gasteiger charge is -2.13. The van der Waals surface area contributed by atoms with Crippen molar-refractivity contribution >= 4 is 27.3 Å². The third-order valence-electron chi connectivity index (χ3n) is 2.31. The molecule has 1 aromatic rings. The largest absolute Gasteiger partial charge is 0.495 e. The van der Waals surface area contributed by atoms with Crippen LogP contribution >= 0.6 is 11.6 Å². The summed E-state index contributed by atoms with van der Waals surface area (Å²) in [5, 5.41) is 8.92. The van der Waals surface area contributed by atoms with Gasteiger partial charge < -0.3 is 14.6 Å². The number of aliphatic hydroxyl groups excluding tert-OH is 1. The average Bonchev–Trinajstić information content (AvgIpc) is 2.36. The Balaban J connectivity index is 3.03. The highest BCUT2D eigenvalue weighted by molar-refractivity contribution is 7.92. The molecule has 8 heteroatoms. The molecule has 0 saturated carbocycles. The van der Waals surface area contributed by atoms with Crippen LogP contribution in [0.25, 0.3) is 0 Å². The van der Waals surface area contributed by atoms with Crippen LogP contribution in [0.5, 0.6) is 11.5 Å². The van der Waals surface area contributed by atoms with Crippen LogP contribution in [-0.4, -0.2) is 40.1 Å². The van der Waals surface area contributed by atoms with Crippen LogP contribution in [0.3, 0.4) is 0 Å². The molecule has 0 aliphatic carbocycles. The summed E-state index contributed by atoms with van der Waals surface area (Å²) in [4.78, 5) is 0. The van der Waals surface area contributed by atoms with E-state index in [2.05, 4.69) is 4.72 Å². The molecule has 0 heterocycles. The van der Waals surface area contributed by atoms with Crippen molar-refractivity contribution < 1.29 is 23.0 Å². The summed E-state index contributed by atoms with van der Waals surface area (Å²) < 4.78 is 35.9. The van der Waals surface area contributed by atoms with Gasteiger partial charge >= 0.3 is 0 Å². The van der Waals surface area contributed by atoms with E-state index in [-0.39, 0.29) is 29.5 Å². The Morgan fingerprint density at radius 2 is 1.89 bits per heavy atom. The van der Waals surface area contributed by atoms with Crippen LogP contribution in [0.2, 0.25) is 5.02 Å². The number of rotatable bonds is 7. The van der Waals surface area contributed by atoms with Gasteiger partial charge in [0.05, 0.1) is 30.7 Å². The molecule has 19 heavy (non-hydrogen) atoms. The molecule has 2 N–H and O–H groups in total. The average molecular weight is 310 g/mol. The topological polar surface area (TPSA) is 84.9 Å². The standard InChI is InChI=1S/C11H16ClNO5S/c1-17-10-7-11(18-2)9(6-8(10)12)13-19(15,16)5-3-4-14/h6-7,13-14H,3-5H2,1-2H3. The molecule has 1 aromatic carbocycles. The van der Waals surface area contributed by atoms with Gasteiger partial charge in [-0.05, 0) is 12.5 Å². The Labute approximate surface area is 117 Å². The van der Waals surface area contributed by atoms with E-state index < -0.39 is 10.0 Å². The first-order chi connectivity index (χ1) is 8.93. The molecule has 0 aromatic heterocycles. The quantitative estimate of drug-likeness (QED) is 0.797. The molecule has 0 aliphatic heterocycles. The molecule has 0 spiro atoms. The van der Waals surface area contributed by atoms with E-state index >= 15 is 0 Å². The number of halogens is 1. The Morgan fingerprint density at radius 3 is 2.42 bits per heavy atom.